The van der Waals surface area contributed by atoms with E-state index in [1.807, 2.05) is 56.3 Å². The maximum Gasteiger partial charge on any atom is 0.295 e. The number of benzene rings is 3. The van der Waals surface area contributed by atoms with E-state index in [1.54, 1.807) is 30.3 Å². The number of ether oxygens (including phenoxy) is 1. The Labute approximate surface area is 210 Å². The highest BCUT2D eigenvalue weighted by molar-refractivity contribution is 6.46. The predicted octanol–water partition coefficient (Wildman–Crippen LogP) is 4.70. The highest BCUT2D eigenvalue weighted by Crippen LogP contribution is 2.40. The molecule has 1 aliphatic heterocycles. The van der Waals surface area contributed by atoms with Gasteiger partial charge in [-0.05, 0) is 56.4 Å². The number of carbonyl (C=O) groups excluding carboxylic acids is 2. The Balaban J connectivity index is 1.71. The molecule has 1 heterocycles. The van der Waals surface area contributed by atoms with Gasteiger partial charge >= 0.3 is 0 Å². The van der Waals surface area contributed by atoms with Crippen LogP contribution in [0.1, 0.15) is 28.3 Å². The number of likely N-dealkylation sites (tertiary alicyclic amines) is 1. The second-order valence-corrected chi connectivity index (χ2v) is 9.07. The first kappa shape index (κ1) is 25.1. The summed E-state index contributed by atoms with van der Waals surface area (Å²) in [5.41, 5.74) is 2.16. The normalized spacial score (nSPS) is 17.1. The highest BCUT2D eigenvalue weighted by Gasteiger charge is 2.46. The monoisotopic (exact) mass is 488 g/mol. The zero-order valence-electron chi connectivity index (χ0n) is 20.6. The van der Waals surface area contributed by atoms with E-state index in [0.717, 1.165) is 11.1 Å². The lowest BCUT2D eigenvalue weighted by molar-refractivity contribution is -0.140. The van der Waals surface area contributed by atoms with E-state index in [9.17, 15) is 19.1 Å². The Bertz CT molecular complexity index is 1300. The topological polar surface area (TPSA) is 70.1 Å². The van der Waals surface area contributed by atoms with Gasteiger partial charge in [0.15, 0.2) is 0 Å². The van der Waals surface area contributed by atoms with Crippen LogP contribution in [0.15, 0.2) is 78.4 Å². The molecule has 7 heteroatoms. The van der Waals surface area contributed by atoms with Crippen LogP contribution >= 0.6 is 0 Å². The fraction of sp³-hybridized carbons (Fsp3) is 0.241. The summed E-state index contributed by atoms with van der Waals surface area (Å²) in [6.45, 7) is 2.90. The minimum Gasteiger partial charge on any atom is -0.507 e. The first-order valence-corrected chi connectivity index (χ1v) is 11.7. The average Bonchev–Trinajstić information content (AvgIpc) is 3.11. The van der Waals surface area contributed by atoms with Crippen LogP contribution in [0, 0.1) is 12.7 Å². The molecule has 3 aromatic rings. The lowest BCUT2D eigenvalue weighted by Gasteiger charge is -2.26. The van der Waals surface area contributed by atoms with Crippen molar-refractivity contribution in [2.24, 2.45) is 0 Å². The van der Waals surface area contributed by atoms with Gasteiger partial charge in [0.25, 0.3) is 11.7 Å². The first-order valence-electron chi connectivity index (χ1n) is 11.7. The highest BCUT2D eigenvalue weighted by atomic mass is 19.1. The molecule has 1 unspecified atom stereocenters. The molecule has 3 aromatic carbocycles. The molecule has 36 heavy (non-hydrogen) atoms. The Hall–Kier alpha value is -3.97. The van der Waals surface area contributed by atoms with Gasteiger partial charge in [-0.15, -0.1) is 0 Å². The van der Waals surface area contributed by atoms with Gasteiger partial charge in [-0.3, -0.25) is 9.59 Å². The summed E-state index contributed by atoms with van der Waals surface area (Å²) in [5.74, 6) is -1.85. The van der Waals surface area contributed by atoms with Crippen molar-refractivity contribution in [1.82, 2.24) is 9.80 Å². The van der Waals surface area contributed by atoms with Crippen LogP contribution in [0.25, 0.3) is 5.76 Å². The molecule has 0 radical (unpaired) electrons. The molecule has 1 amide bonds. The first-order chi connectivity index (χ1) is 17.3. The fourth-order valence-corrected chi connectivity index (χ4v) is 4.29. The molecule has 4 rings (SSSR count). The number of aliphatic hydroxyl groups is 1. The summed E-state index contributed by atoms with van der Waals surface area (Å²) in [4.78, 5) is 29.3. The molecule has 0 saturated carbocycles. The zero-order chi connectivity index (χ0) is 25.8. The summed E-state index contributed by atoms with van der Waals surface area (Å²) in [5, 5.41) is 11.3. The maximum absolute atomic E-state index is 14.9. The number of hydrogen-bond acceptors (Lipinski definition) is 5. The van der Waals surface area contributed by atoms with Gasteiger partial charge in [-0.25, -0.2) is 4.39 Å². The van der Waals surface area contributed by atoms with E-state index in [0.29, 0.717) is 24.5 Å². The fourth-order valence-electron chi connectivity index (χ4n) is 4.29. The number of amides is 1. The molecule has 1 aliphatic rings. The van der Waals surface area contributed by atoms with Crippen LogP contribution in [0.2, 0.25) is 0 Å². The summed E-state index contributed by atoms with van der Waals surface area (Å²) >= 11 is 0. The van der Waals surface area contributed by atoms with Crippen molar-refractivity contribution in [2.45, 2.75) is 19.6 Å². The van der Waals surface area contributed by atoms with Crippen molar-refractivity contribution in [3.05, 3.63) is 106 Å². The summed E-state index contributed by atoms with van der Waals surface area (Å²) < 4.78 is 20.8. The van der Waals surface area contributed by atoms with Crippen LogP contribution in [-0.4, -0.2) is 53.8 Å². The number of carbonyl (C=O) groups is 2. The van der Waals surface area contributed by atoms with Gasteiger partial charge in [0.1, 0.15) is 23.9 Å². The number of aryl methyl sites for hydroxylation is 1. The number of Topliss-reactive ketones (excluding diaryl/α,β-unsaturated/α-hetero) is 1. The van der Waals surface area contributed by atoms with Gasteiger partial charge < -0.3 is 19.6 Å². The van der Waals surface area contributed by atoms with Gasteiger partial charge in [0.05, 0.1) is 11.6 Å². The van der Waals surface area contributed by atoms with E-state index in [4.69, 9.17) is 4.74 Å². The van der Waals surface area contributed by atoms with Gasteiger partial charge in [-0.2, -0.15) is 0 Å². The molecule has 0 spiro atoms. The molecule has 0 aromatic heterocycles. The minimum atomic E-state index is -1.03. The number of hydrogen-bond donors (Lipinski definition) is 1. The Morgan fingerprint density at radius 2 is 1.72 bits per heavy atom. The van der Waals surface area contributed by atoms with E-state index < -0.39 is 23.5 Å². The molecule has 0 bridgehead atoms. The Morgan fingerprint density at radius 1 is 1.03 bits per heavy atom. The second kappa shape index (κ2) is 10.7. The van der Waals surface area contributed by atoms with Crippen LogP contribution in [0.4, 0.5) is 4.39 Å². The minimum absolute atomic E-state index is 0.124. The molecule has 1 saturated heterocycles. The van der Waals surface area contributed by atoms with Crippen molar-refractivity contribution >= 4 is 17.4 Å². The van der Waals surface area contributed by atoms with Crippen LogP contribution in [-0.2, 0) is 16.2 Å². The van der Waals surface area contributed by atoms with E-state index in [2.05, 4.69) is 0 Å². The van der Waals surface area contributed by atoms with Crippen molar-refractivity contribution in [3.63, 3.8) is 0 Å². The Morgan fingerprint density at radius 3 is 2.39 bits per heavy atom. The molecule has 6 nitrogen and oxygen atoms in total. The van der Waals surface area contributed by atoms with Crippen molar-refractivity contribution < 1.29 is 23.8 Å². The van der Waals surface area contributed by atoms with Gasteiger partial charge in [-0.1, -0.05) is 48.5 Å². The predicted molar refractivity (Wildman–Crippen MR) is 136 cm³/mol. The molecular weight excluding hydrogens is 459 g/mol. The number of rotatable bonds is 8. The standard InChI is InChI=1S/C29H29FN2O4/c1-19-17-21(13-14-24(19)36-18-20-9-5-4-6-10-20)27(33)25-26(22-11-7-8-12-23(22)30)32(16-15-31(2)3)29(35)28(25)34/h4-14,17,26,33H,15-16,18H2,1-3H3/b27-25+. The van der Waals surface area contributed by atoms with Crippen LogP contribution in [0.5, 0.6) is 5.75 Å². The smallest absolute Gasteiger partial charge is 0.295 e. The molecule has 1 fully saturated rings. The number of likely N-dealkylation sites (N-methyl/N-ethyl adjacent to an activating group) is 1. The molecule has 186 valence electrons. The second-order valence-electron chi connectivity index (χ2n) is 9.07. The van der Waals surface area contributed by atoms with E-state index in [-0.39, 0.29) is 23.4 Å². The third-order valence-electron chi connectivity index (χ3n) is 6.21. The summed E-state index contributed by atoms with van der Waals surface area (Å²) in [7, 11) is 3.69. The molecular formula is C29H29FN2O4. The molecule has 1 atom stereocenters. The molecule has 0 aliphatic carbocycles. The number of aliphatic hydroxyl groups excluding tert-OH is 1. The van der Waals surface area contributed by atoms with Crippen LogP contribution in [0.3, 0.4) is 0 Å². The number of nitrogens with zero attached hydrogens (tertiary/aromatic N) is 2. The maximum atomic E-state index is 14.9. The lowest BCUT2D eigenvalue weighted by Crippen LogP contribution is -2.35. The van der Waals surface area contributed by atoms with E-state index >= 15 is 0 Å². The summed E-state index contributed by atoms with van der Waals surface area (Å²) in [6, 6.07) is 19.8. The number of ketones is 1. The lowest BCUT2D eigenvalue weighted by atomic mass is 9.94. The molecule has 1 N–H and O–H groups in total. The largest absolute Gasteiger partial charge is 0.507 e. The van der Waals surface area contributed by atoms with E-state index in [1.165, 1.54) is 17.0 Å². The average molecular weight is 489 g/mol. The third-order valence-corrected chi connectivity index (χ3v) is 6.21. The quantitative estimate of drug-likeness (QED) is 0.283. The van der Waals surface area contributed by atoms with Crippen molar-refractivity contribution in [1.29, 1.82) is 0 Å². The number of halogens is 1. The van der Waals surface area contributed by atoms with Crippen molar-refractivity contribution in [3.8, 4) is 5.75 Å². The van der Waals surface area contributed by atoms with Gasteiger partial charge in [0, 0.05) is 24.2 Å². The van der Waals surface area contributed by atoms with Gasteiger partial charge in [0.2, 0.25) is 0 Å². The van der Waals surface area contributed by atoms with Crippen LogP contribution < -0.4 is 4.74 Å². The van der Waals surface area contributed by atoms with Crippen molar-refractivity contribution in [2.75, 3.05) is 27.2 Å². The SMILES string of the molecule is Cc1cc(/C(O)=C2\C(=O)C(=O)N(CCN(C)C)C2c2ccccc2F)ccc1OCc1ccccc1. The third kappa shape index (κ3) is 5.16. The summed E-state index contributed by atoms with van der Waals surface area (Å²) in [6.07, 6.45) is 0. The Kier molecular flexibility index (Phi) is 7.50. The zero-order valence-corrected chi connectivity index (χ0v) is 20.6.